The first-order valence-electron chi connectivity index (χ1n) is 4.90. The number of nitrogens with zero attached hydrogens (tertiary/aromatic N) is 2. The molecule has 1 aliphatic rings. The second kappa shape index (κ2) is 4.44. The molecule has 2 atom stereocenters. The van der Waals surface area contributed by atoms with Crippen LogP contribution in [0, 0.1) is 22.0 Å². The quantitative estimate of drug-likeness (QED) is 0.554. The highest BCUT2D eigenvalue weighted by molar-refractivity contribution is 5.26. The minimum atomic E-state index is -0.369. The molecule has 5 nitrogen and oxygen atoms in total. The molecule has 2 N–H and O–H groups in total. The van der Waals surface area contributed by atoms with Gasteiger partial charge in [-0.1, -0.05) is 13.0 Å². The van der Waals surface area contributed by atoms with E-state index in [4.69, 9.17) is 5.73 Å². The van der Waals surface area contributed by atoms with Crippen molar-refractivity contribution in [3.8, 4) is 0 Å². The van der Waals surface area contributed by atoms with Gasteiger partial charge in [0.05, 0.1) is 10.8 Å². The first-order valence-corrected chi connectivity index (χ1v) is 4.90. The summed E-state index contributed by atoms with van der Waals surface area (Å²) in [5, 5.41) is 10.8. The highest BCUT2D eigenvalue weighted by atomic mass is 16.6. The summed E-state index contributed by atoms with van der Waals surface area (Å²) in [7, 11) is 3.90. The van der Waals surface area contributed by atoms with Crippen molar-refractivity contribution in [3.63, 3.8) is 0 Å². The van der Waals surface area contributed by atoms with Crippen molar-refractivity contribution in [1.82, 2.24) is 4.90 Å². The number of nitro groups is 1. The van der Waals surface area contributed by atoms with E-state index in [2.05, 4.69) is 0 Å². The average Bonchev–Trinajstić information content (AvgIpc) is 2.09. The molecule has 0 saturated carbocycles. The zero-order chi connectivity index (χ0) is 11.6. The molecule has 0 aromatic rings. The van der Waals surface area contributed by atoms with Crippen LogP contribution >= 0.6 is 0 Å². The van der Waals surface area contributed by atoms with Gasteiger partial charge in [-0.25, -0.2) is 0 Å². The Kier molecular flexibility index (Phi) is 3.47. The van der Waals surface area contributed by atoms with Crippen molar-refractivity contribution < 1.29 is 4.92 Å². The molecule has 0 heterocycles. The molecule has 84 valence electrons. The Labute approximate surface area is 89.4 Å². The van der Waals surface area contributed by atoms with Crippen molar-refractivity contribution in [3.05, 3.63) is 33.7 Å². The predicted molar refractivity (Wildman–Crippen MR) is 58.6 cm³/mol. The van der Waals surface area contributed by atoms with Crippen LogP contribution in [0.1, 0.15) is 6.92 Å². The van der Waals surface area contributed by atoms with E-state index >= 15 is 0 Å². The minimum Gasteiger partial charge on any atom is -0.393 e. The smallest absolute Gasteiger partial charge is 0.272 e. The minimum absolute atomic E-state index is 0.132. The number of rotatable bonds is 3. The Morgan fingerprint density at radius 2 is 2.20 bits per heavy atom. The topological polar surface area (TPSA) is 72.4 Å². The maximum atomic E-state index is 10.8. The van der Waals surface area contributed by atoms with Gasteiger partial charge in [-0.15, -0.1) is 0 Å². The molecule has 0 aromatic heterocycles. The van der Waals surface area contributed by atoms with E-state index in [1.807, 2.05) is 32.0 Å². The Morgan fingerprint density at radius 1 is 1.60 bits per heavy atom. The van der Waals surface area contributed by atoms with Crippen molar-refractivity contribution in [1.29, 1.82) is 0 Å². The summed E-state index contributed by atoms with van der Waals surface area (Å²) in [4.78, 5) is 12.5. The van der Waals surface area contributed by atoms with E-state index in [0.717, 1.165) is 6.54 Å². The summed E-state index contributed by atoms with van der Waals surface area (Å²) >= 11 is 0. The van der Waals surface area contributed by atoms with Crippen LogP contribution in [-0.2, 0) is 0 Å². The van der Waals surface area contributed by atoms with Gasteiger partial charge in [-0.05, 0) is 20.2 Å². The fraction of sp³-hybridized carbons (Fsp3) is 0.600. The molecule has 5 heteroatoms. The van der Waals surface area contributed by atoms with E-state index in [1.165, 1.54) is 0 Å². The van der Waals surface area contributed by atoms with Crippen LogP contribution in [0.4, 0.5) is 0 Å². The maximum absolute atomic E-state index is 10.8. The molecule has 0 aliphatic heterocycles. The van der Waals surface area contributed by atoms with Crippen LogP contribution in [0.3, 0.4) is 0 Å². The van der Waals surface area contributed by atoms with Crippen molar-refractivity contribution in [2.45, 2.75) is 6.92 Å². The lowest BCUT2D eigenvalue weighted by Gasteiger charge is -2.25. The highest BCUT2D eigenvalue weighted by Crippen LogP contribution is 2.28. The molecule has 0 spiro atoms. The Bertz CT molecular complexity index is 321. The Hall–Kier alpha value is -1.36. The summed E-state index contributed by atoms with van der Waals surface area (Å²) in [6.45, 7) is 2.64. The molecule has 0 fully saturated rings. The molecule has 0 bridgehead atoms. The van der Waals surface area contributed by atoms with Gasteiger partial charge < -0.3 is 10.6 Å². The summed E-state index contributed by atoms with van der Waals surface area (Å²) < 4.78 is 0. The zero-order valence-corrected chi connectivity index (χ0v) is 9.30. The van der Waals surface area contributed by atoms with E-state index < -0.39 is 0 Å². The van der Waals surface area contributed by atoms with Crippen molar-refractivity contribution in [2.75, 3.05) is 20.6 Å². The first kappa shape index (κ1) is 11.7. The molecule has 15 heavy (non-hydrogen) atoms. The molecule has 0 amide bonds. The van der Waals surface area contributed by atoms with Gasteiger partial charge in [0.25, 0.3) is 5.70 Å². The van der Waals surface area contributed by atoms with Gasteiger partial charge in [0.15, 0.2) is 0 Å². The van der Waals surface area contributed by atoms with Gasteiger partial charge in [-0.3, -0.25) is 10.1 Å². The summed E-state index contributed by atoms with van der Waals surface area (Å²) in [6, 6.07) is 0. The molecule has 0 radical (unpaired) electrons. The van der Waals surface area contributed by atoms with Crippen molar-refractivity contribution in [2.24, 2.45) is 17.6 Å². The lowest BCUT2D eigenvalue weighted by Crippen LogP contribution is -2.31. The van der Waals surface area contributed by atoms with Gasteiger partial charge in [0.2, 0.25) is 0 Å². The van der Waals surface area contributed by atoms with E-state index in [-0.39, 0.29) is 28.2 Å². The van der Waals surface area contributed by atoms with Gasteiger partial charge in [0.1, 0.15) is 5.70 Å². The first-order chi connectivity index (χ1) is 6.93. The second-order valence-electron chi connectivity index (χ2n) is 4.17. The van der Waals surface area contributed by atoms with Crippen LogP contribution in [0.15, 0.2) is 23.5 Å². The number of allylic oxidation sites excluding steroid dienone is 2. The van der Waals surface area contributed by atoms with E-state index in [9.17, 15) is 10.1 Å². The van der Waals surface area contributed by atoms with Crippen LogP contribution in [0.25, 0.3) is 0 Å². The van der Waals surface area contributed by atoms with E-state index in [1.54, 1.807) is 6.08 Å². The fourth-order valence-corrected chi connectivity index (χ4v) is 1.86. The lowest BCUT2D eigenvalue weighted by atomic mass is 9.86. The molecule has 1 rings (SSSR count). The average molecular weight is 211 g/mol. The van der Waals surface area contributed by atoms with E-state index in [0.29, 0.717) is 0 Å². The standard InChI is InChI=1S/C10H17N3O2/c1-7-8(6-12(2)3)4-5-9(11)10(7)13(14)15/h4-5,7-8H,6,11H2,1-3H3. The normalized spacial score (nSPS) is 26.1. The summed E-state index contributed by atoms with van der Waals surface area (Å²) in [5.74, 6) is 0.0279. The number of nitrogens with two attached hydrogens (primary N) is 1. The maximum Gasteiger partial charge on any atom is 0.272 e. The number of hydrogen-bond donors (Lipinski definition) is 1. The van der Waals surface area contributed by atoms with Crippen LogP contribution in [0.5, 0.6) is 0 Å². The predicted octanol–water partition coefficient (Wildman–Crippen LogP) is 0.817. The Morgan fingerprint density at radius 3 is 2.67 bits per heavy atom. The monoisotopic (exact) mass is 211 g/mol. The lowest BCUT2D eigenvalue weighted by molar-refractivity contribution is -0.435. The van der Waals surface area contributed by atoms with Crippen LogP contribution in [-0.4, -0.2) is 30.5 Å². The SMILES string of the molecule is CC1C([N+](=O)[O-])=C(N)C=CC1CN(C)C. The van der Waals surface area contributed by atoms with Crippen LogP contribution < -0.4 is 5.73 Å². The number of hydrogen-bond acceptors (Lipinski definition) is 4. The highest BCUT2D eigenvalue weighted by Gasteiger charge is 2.32. The summed E-state index contributed by atoms with van der Waals surface area (Å²) in [5.41, 5.74) is 6.02. The molecular weight excluding hydrogens is 194 g/mol. The largest absolute Gasteiger partial charge is 0.393 e. The van der Waals surface area contributed by atoms with Gasteiger partial charge in [-0.2, -0.15) is 0 Å². The molecule has 2 unspecified atom stereocenters. The van der Waals surface area contributed by atoms with Gasteiger partial charge >= 0.3 is 0 Å². The second-order valence-corrected chi connectivity index (χ2v) is 4.17. The molecular formula is C10H17N3O2. The zero-order valence-electron chi connectivity index (χ0n) is 9.30. The third-order valence-electron chi connectivity index (χ3n) is 2.66. The van der Waals surface area contributed by atoms with Gasteiger partial charge in [0, 0.05) is 12.5 Å². The third kappa shape index (κ3) is 2.56. The van der Waals surface area contributed by atoms with Crippen molar-refractivity contribution >= 4 is 0 Å². The Balaban J connectivity index is 2.88. The molecule has 0 aromatic carbocycles. The molecule has 1 aliphatic carbocycles. The third-order valence-corrected chi connectivity index (χ3v) is 2.66. The van der Waals surface area contributed by atoms with Crippen LogP contribution in [0.2, 0.25) is 0 Å². The fourth-order valence-electron chi connectivity index (χ4n) is 1.86. The molecule has 0 saturated heterocycles. The summed E-state index contributed by atoms with van der Waals surface area (Å²) in [6.07, 6.45) is 3.60.